The molecule has 1 N–H and O–H groups in total. The average molecular weight is 331 g/mol. The van der Waals surface area contributed by atoms with E-state index in [0.29, 0.717) is 0 Å². The van der Waals surface area contributed by atoms with Gasteiger partial charge in [0.1, 0.15) is 0 Å². The quantitative estimate of drug-likeness (QED) is 0.821. The fourth-order valence-electron chi connectivity index (χ4n) is 1.82. The van der Waals surface area contributed by atoms with Crippen molar-refractivity contribution in [2.45, 2.75) is 10.7 Å². The molecule has 2 rings (SSSR count). The Morgan fingerprint density at radius 2 is 2.00 bits per heavy atom. The maximum atomic E-state index is 3.80. The minimum Gasteiger partial charge on any atom is -0.310 e. The van der Waals surface area contributed by atoms with Crippen molar-refractivity contribution >= 4 is 31.9 Å². The second-order valence-electron chi connectivity index (χ2n) is 3.89. The van der Waals surface area contributed by atoms with Crippen LogP contribution in [0.4, 0.5) is 0 Å². The Morgan fingerprint density at radius 3 is 2.67 bits per heavy atom. The number of hydrogen-bond donors (Lipinski definition) is 1. The SMILES string of the molecule is BrC1=CC(Br)(Cc2ccccc2)CNC1. The Bertz CT molecular complexity index is 361. The fraction of sp³-hybridized carbons (Fsp3) is 0.333. The first-order chi connectivity index (χ1) is 7.18. The van der Waals surface area contributed by atoms with Crippen LogP contribution in [-0.4, -0.2) is 17.4 Å². The lowest BCUT2D eigenvalue weighted by atomic mass is 9.97. The first-order valence-electron chi connectivity index (χ1n) is 4.99. The van der Waals surface area contributed by atoms with Crippen molar-refractivity contribution in [3.05, 3.63) is 46.5 Å². The van der Waals surface area contributed by atoms with Crippen molar-refractivity contribution in [2.75, 3.05) is 13.1 Å². The molecule has 1 aliphatic rings. The first-order valence-corrected chi connectivity index (χ1v) is 6.57. The molecule has 1 heterocycles. The van der Waals surface area contributed by atoms with E-state index in [4.69, 9.17) is 0 Å². The van der Waals surface area contributed by atoms with Crippen LogP contribution in [0.2, 0.25) is 0 Å². The topological polar surface area (TPSA) is 12.0 Å². The Hall–Kier alpha value is -0.120. The number of rotatable bonds is 2. The van der Waals surface area contributed by atoms with E-state index in [-0.39, 0.29) is 4.32 Å². The minimum absolute atomic E-state index is 0.0471. The zero-order valence-corrected chi connectivity index (χ0v) is 11.5. The highest BCUT2D eigenvalue weighted by Crippen LogP contribution is 2.29. The molecule has 1 nitrogen and oxygen atoms in total. The molecular weight excluding hydrogens is 318 g/mol. The van der Waals surface area contributed by atoms with Gasteiger partial charge in [0.25, 0.3) is 0 Å². The monoisotopic (exact) mass is 329 g/mol. The summed E-state index contributed by atoms with van der Waals surface area (Å²) < 4.78 is 1.27. The Morgan fingerprint density at radius 1 is 1.27 bits per heavy atom. The third-order valence-corrected chi connectivity index (χ3v) is 3.77. The molecule has 1 atom stereocenters. The van der Waals surface area contributed by atoms with Gasteiger partial charge in [0.05, 0.1) is 4.32 Å². The third kappa shape index (κ3) is 3.16. The average Bonchev–Trinajstić information content (AvgIpc) is 2.18. The highest BCUT2D eigenvalue weighted by molar-refractivity contribution is 9.12. The van der Waals surface area contributed by atoms with Crippen LogP contribution in [0.1, 0.15) is 5.56 Å². The van der Waals surface area contributed by atoms with E-state index < -0.39 is 0 Å². The zero-order chi connectivity index (χ0) is 10.7. The van der Waals surface area contributed by atoms with Crippen LogP contribution in [0.5, 0.6) is 0 Å². The summed E-state index contributed by atoms with van der Waals surface area (Å²) in [6.07, 6.45) is 3.27. The molecule has 0 amide bonds. The van der Waals surface area contributed by atoms with E-state index in [2.05, 4.69) is 73.6 Å². The van der Waals surface area contributed by atoms with Gasteiger partial charge in [-0.1, -0.05) is 68.3 Å². The maximum Gasteiger partial charge on any atom is 0.0612 e. The highest BCUT2D eigenvalue weighted by Gasteiger charge is 2.27. The van der Waals surface area contributed by atoms with Gasteiger partial charge in [0.15, 0.2) is 0 Å². The summed E-state index contributed by atoms with van der Waals surface area (Å²) in [5.74, 6) is 0. The number of nitrogens with one attached hydrogen (secondary N) is 1. The molecule has 1 aromatic rings. The molecule has 0 saturated carbocycles. The number of hydrogen-bond acceptors (Lipinski definition) is 1. The van der Waals surface area contributed by atoms with Gasteiger partial charge in [-0.25, -0.2) is 0 Å². The molecule has 15 heavy (non-hydrogen) atoms. The van der Waals surface area contributed by atoms with Crippen molar-refractivity contribution in [3.8, 4) is 0 Å². The lowest BCUT2D eigenvalue weighted by molar-refractivity contribution is 0.602. The van der Waals surface area contributed by atoms with Crippen molar-refractivity contribution in [1.29, 1.82) is 0 Å². The maximum absolute atomic E-state index is 3.80. The Labute approximate surface area is 107 Å². The molecule has 1 unspecified atom stereocenters. The van der Waals surface area contributed by atoms with Gasteiger partial charge in [0, 0.05) is 17.6 Å². The zero-order valence-electron chi connectivity index (χ0n) is 8.34. The van der Waals surface area contributed by atoms with E-state index >= 15 is 0 Å². The second kappa shape index (κ2) is 4.81. The molecule has 0 bridgehead atoms. The van der Waals surface area contributed by atoms with Crippen LogP contribution < -0.4 is 5.32 Å². The molecule has 3 heteroatoms. The Balaban J connectivity index is 2.14. The molecule has 0 fully saturated rings. The molecule has 1 aromatic carbocycles. The molecule has 0 spiro atoms. The largest absolute Gasteiger partial charge is 0.310 e. The van der Waals surface area contributed by atoms with E-state index in [1.54, 1.807) is 0 Å². The van der Waals surface area contributed by atoms with Gasteiger partial charge in [-0.15, -0.1) is 0 Å². The lowest BCUT2D eigenvalue weighted by Gasteiger charge is -2.29. The van der Waals surface area contributed by atoms with Gasteiger partial charge in [-0.05, 0) is 12.0 Å². The van der Waals surface area contributed by atoms with Gasteiger partial charge < -0.3 is 5.32 Å². The first kappa shape index (κ1) is 11.4. The van der Waals surface area contributed by atoms with Crippen molar-refractivity contribution < 1.29 is 0 Å². The number of benzene rings is 1. The normalized spacial score (nSPS) is 26.1. The van der Waals surface area contributed by atoms with Gasteiger partial charge in [-0.2, -0.15) is 0 Å². The molecule has 0 saturated heterocycles. The molecule has 0 aliphatic carbocycles. The summed E-state index contributed by atoms with van der Waals surface area (Å²) in [6.45, 7) is 1.90. The van der Waals surface area contributed by atoms with Gasteiger partial charge in [0.2, 0.25) is 0 Å². The van der Waals surface area contributed by atoms with Crippen molar-refractivity contribution in [1.82, 2.24) is 5.32 Å². The van der Waals surface area contributed by atoms with E-state index in [1.165, 1.54) is 10.0 Å². The summed E-state index contributed by atoms with van der Waals surface area (Å²) in [4.78, 5) is 0. The summed E-state index contributed by atoms with van der Waals surface area (Å²) in [7, 11) is 0. The van der Waals surface area contributed by atoms with Crippen LogP contribution in [-0.2, 0) is 6.42 Å². The van der Waals surface area contributed by atoms with Crippen LogP contribution in [0.25, 0.3) is 0 Å². The molecule has 1 aliphatic heterocycles. The summed E-state index contributed by atoms with van der Waals surface area (Å²) in [6, 6.07) is 10.6. The predicted octanol–water partition coefficient (Wildman–Crippen LogP) is 3.24. The van der Waals surface area contributed by atoms with Crippen LogP contribution in [0.3, 0.4) is 0 Å². The smallest absolute Gasteiger partial charge is 0.0612 e. The second-order valence-corrected chi connectivity index (χ2v) is 6.49. The van der Waals surface area contributed by atoms with Crippen molar-refractivity contribution in [2.24, 2.45) is 0 Å². The number of alkyl halides is 1. The standard InChI is InChI=1S/C12H13Br2N/c13-11-7-12(14,9-15-8-11)6-10-4-2-1-3-5-10/h1-5,7,15H,6,8-9H2. The minimum atomic E-state index is 0.0471. The van der Waals surface area contributed by atoms with Crippen LogP contribution in [0.15, 0.2) is 40.9 Å². The van der Waals surface area contributed by atoms with E-state index in [1.807, 2.05) is 0 Å². The summed E-state index contributed by atoms with van der Waals surface area (Å²) in [5, 5.41) is 3.38. The lowest BCUT2D eigenvalue weighted by Crippen LogP contribution is -2.40. The number of halogens is 2. The predicted molar refractivity (Wildman–Crippen MR) is 71.7 cm³/mol. The van der Waals surface area contributed by atoms with Crippen molar-refractivity contribution in [3.63, 3.8) is 0 Å². The summed E-state index contributed by atoms with van der Waals surface area (Å²) in [5.41, 5.74) is 1.36. The molecule has 0 aromatic heterocycles. The van der Waals surface area contributed by atoms with Gasteiger partial charge in [-0.3, -0.25) is 0 Å². The van der Waals surface area contributed by atoms with Gasteiger partial charge >= 0.3 is 0 Å². The van der Waals surface area contributed by atoms with Crippen LogP contribution in [0, 0.1) is 0 Å². The Kier molecular flexibility index (Phi) is 3.65. The summed E-state index contributed by atoms with van der Waals surface area (Å²) >= 11 is 7.35. The van der Waals surface area contributed by atoms with E-state index in [9.17, 15) is 0 Å². The molecular formula is C12H13Br2N. The highest BCUT2D eigenvalue weighted by atomic mass is 79.9. The molecule has 80 valence electrons. The van der Waals surface area contributed by atoms with Crippen LogP contribution >= 0.6 is 31.9 Å². The molecule has 0 radical (unpaired) electrons. The third-order valence-electron chi connectivity index (χ3n) is 2.47. The van der Waals surface area contributed by atoms with E-state index in [0.717, 1.165) is 19.5 Å². The fourth-order valence-corrected chi connectivity index (χ4v) is 3.56.